The summed E-state index contributed by atoms with van der Waals surface area (Å²) in [6.45, 7) is -1.76. The first-order chi connectivity index (χ1) is 12.7. The molecular formula is C13H24CaO15. The quantitative estimate of drug-likeness (QED) is 0.127. The third-order valence-corrected chi connectivity index (χ3v) is 3.34. The molecule has 0 bridgehead atoms. The maximum Gasteiger partial charge on any atom is 2.00 e. The van der Waals surface area contributed by atoms with E-state index in [-0.39, 0.29) is 37.7 Å². The Labute approximate surface area is 193 Å². The van der Waals surface area contributed by atoms with Crippen LogP contribution in [0.2, 0.25) is 0 Å². The third-order valence-electron chi connectivity index (χ3n) is 3.34. The van der Waals surface area contributed by atoms with Crippen molar-refractivity contribution >= 4 is 49.7 Å². The van der Waals surface area contributed by atoms with Crippen LogP contribution in [0.1, 0.15) is 0 Å². The fraction of sp³-hybridized carbons (Fsp3) is 0.846. The standard InChI is InChI=1S/C7H14O8.C6H12O7.Ca/c8-1-2(9)3(10)4(11)5(12)6(13)7(14)15;7-1-2(8)3(9)4(10)5(11)6(12)13;/h2-6,8-13H,1H2,(H,14,15);2-5,7-11H,1H2,(H,12,13);/q;;+2/p-2/t2-,3-,4-,5+,6-;2-,3-,4+,5-;/m11./s1. The van der Waals surface area contributed by atoms with E-state index in [0.717, 1.165) is 0 Å². The normalized spacial score (nSPS) is 20.2. The molecule has 0 spiro atoms. The summed E-state index contributed by atoms with van der Waals surface area (Å²) in [5.74, 6) is -4.01. The van der Waals surface area contributed by atoms with E-state index in [9.17, 15) is 19.8 Å². The summed E-state index contributed by atoms with van der Waals surface area (Å²) in [7, 11) is 0. The molecule has 0 rings (SSSR count). The predicted octanol–water partition coefficient (Wildman–Crippen LogP) is -10.7. The first kappa shape index (κ1) is 33.4. The summed E-state index contributed by atoms with van der Waals surface area (Å²) in [6, 6.07) is 0. The van der Waals surface area contributed by atoms with E-state index in [4.69, 9.17) is 56.2 Å². The fourth-order valence-electron chi connectivity index (χ4n) is 1.53. The number of carboxylic acid groups (broad SMARTS) is 2. The van der Waals surface area contributed by atoms with E-state index >= 15 is 0 Å². The van der Waals surface area contributed by atoms with Gasteiger partial charge in [-0.2, -0.15) is 0 Å². The Morgan fingerprint density at radius 3 is 1.03 bits per heavy atom. The van der Waals surface area contributed by atoms with Crippen LogP contribution in [0.4, 0.5) is 0 Å². The smallest absolute Gasteiger partial charge is 0.547 e. The minimum absolute atomic E-state index is 0. The molecule has 168 valence electrons. The molecule has 0 unspecified atom stereocenters. The summed E-state index contributed by atoms with van der Waals surface area (Å²) >= 11 is 0. The van der Waals surface area contributed by atoms with Crippen LogP contribution in [0, 0.1) is 0 Å². The topological polar surface area (TPSA) is 303 Å². The molecule has 0 aliphatic rings. The summed E-state index contributed by atoms with van der Waals surface area (Å²) in [5.41, 5.74) is 0. The zero-order valence-corrected chi connectivity index (χ0v) is 17.1. The molecule has 0 aromatic rings. The molecule has 16 heteroatoms. The molecule has 0 amide bonds. The molecule has 0 aliphatic carbocycles. The number of carbonyl (C=O) groups is 2. The van der Waals surface area contributed by atoms with Gasteiger partial charge in [0.05, 0.1) is 25.2 Å². The molecule has 0 radical (unpaired) electrons. The first-order valence-electron chi connectivity index (χ1n) is 7.50. The number of hydrogen-bond donors (Lipinski definition) is 11. The van der Waals surface area contributed by atoms with Gasteiger partial charge in [-0.1, -0.05) is 0 Å². The van der Waals surface area contributed by atoms with E-state index in [1.54, 1.807) is 0 Å². The van der Waals surface area contributed by atoms with Crippen molar-refractivity contribution in [2.75, 3.05) is 13.2 Å². The van der Waals surface area contributed by atoms with Crippen LogP contribution in [-0.4, -0.2) is 174 Å². The molecule has 0 fully saturated rings. The van der Waals surface area contributed by atoms with Crippen LogP contribution < -0.4 is 10.2 Å². The largest absolute Gasteiger partial charge is 2.00 e. The van der Waals surface area contributed by atoms with Crippen LogP contribution in [0.3, 0.4) is 0 Å². The number of rotatable bonds is 11. The van der Waals surface area contributed by atoms with Crippen molar-refractivity contribution in [3.05, 3.63) is 0 Å². The van der Waals surface area contributed by atoms with Gasteiger partial charge in [0.15, 0.2) is 0 Å². The van der Waals surface area contributed by atoms with Gasteiger partial charge in [-0.05, 0) is 0 Å². The first-order valence-corrected chi connectivity index (χ1v) is 7.50. The molecule has 0 heterocycles. The number of hydrogen-bond acceptors (Lipinski definition) is 15. The zero-order valence-electron chi connectivity index (χ0n) is 14.9. The van der Waals surface area contributed by atoms with Crippen LogP contribution in [0.5, 0.6) is 0 Å². The Bertz CT molecular complexity index is 465. The van der Waals surface area contributed by atoms with Crippen molar-refractivity contribution in [2.45, 2.75) is 54.9 Å². The van der Waals surface area contributed by atoms with Gasteiger partial charge in [-0.15, -0.1) is 0 Å². The minimum atomic E-state index is -2.40. The van der Waals surface area contributed by atoms with Crippen molar-refractivity contribution in [1.29, 1.82) is 0 Å². The minimum Gasteiger partial charge on any atom is -0.547 e. The average molecular weight is 460 g/mol. The van der Waals surface area contributed by atoms with Crippen molar-refractivity contribution < 1.29 is 76.0 Å². The second-order valence-electron chi connectivity index (χ2n) is 5.48. The van der Waals surface area contributed by atoms with E-state index in [1.807, 2.05) is 0 Å². The van der Waals surface area contributed by atoms with Crippen molar-refractivity contribution in [2.24, 2.45) is 0 Å². The molecule has 0 aromatic heterocycles. The molecule has 0 aliphatic heterocycles. The van der Waals surface area contributed by atoms with Gasteiger partial charge >= 0.3 is 37.7 Å². The summed E-state index contributed by atoms with van der Waals surface area (Å²) < 4.78 is 0. The number of carboxylic acids is 2. The zero-order chi connectivity index (χ0) is 22.8. The molecule has 29 heavy (non-hydrogen) atoms. The second kappa shape index (κ2) is 16.5. The molecule has 11 N–H and O–H groups in total. The molecule has 0 saturated heterocycles. The number of aliphatic carboxylic acids is 2. The number of carbonyl (C=O) groups excluding carboxylic acids is 2. The number of aliphatic hydroxyl groups is 11. The molecule has 15 nitrogen and oxygen atoms in total. The van der Waals surface area contributed by atoms with Crippen LogP contribution >= 0.6 is 0 Å². The van der Waals surface area contributed by atoms with Gasteiger partial charge in [0.25, 0.3) is 0 Å². The monoisotopic (exact) mass is 460 g/mol. The SMILES string of the molecule is O=C([O-])[C@H](O)[C@@H](O)[C@H](O)[C@H](O)CO.O=C([O-])[C@H](O)[C@@H](O)[C@H](O)[C@H](O)[C@H](O)CO.[Ca+2]. The summed E-state index contributed by atoms with van der Waals surface area (Å²) in [5, 5.41) is 117. The molecule has 9 atom stereocenters. The van der Waals surface area contributed by atoms with Gasteiger partial charge in [0, 0.05) is 0 Å². The Kier molecular flexibility index (Phi) is 18.9. The van der Waals surface area contributed by atoms with Crippen LogP contribution in [-0.2, 0) is 9.59 Å². The van der Waals surface area contributed by atoms with Gasteiger partial charge < -0.3 is 76.0 Å². The third kappa shape index (κ3) is 11.7. The summed E-state index contributed by atoms with van der Waals surface area (Å²) in [4.78, 5) is 20.1. The molecule has 0 saturated carbocycles. The Balaban J connectivity index is -0.000000455. The number of aliphatic hydroxyl groups excluding tert-OH is 11. The molecular weight excluding hydrogens is 436 g/mol. The van der Waals surface area contributed by atoms with Crippen molar-refractivity contribution in [1.82, 2.24) is 0 Å². The van der Waals surface area contributed by atoms with Gasteiger partial charge in [0.1, 0.15) is 54.9 Å². The van der Waals surface area contributed by atoms with Crippen molar-refractivity contribution in [3.63, 3.8) is 0 Å². The van der Waals surface area contributed by atoms with E-state index in [2.05, 4.69) is 0 Å². The Morgan fingerprint density at radius 1 is 0.552 bits per heavy atom. The maximum atomic E-state index is 10.1. The van der Waals surface area contributed by atoms with Crippen molar-refractivity contribution in [3.8, 4) is 0 Å². The van der Waals surface area contributed by atoms with Gasteiger partial charge in [-0.25, -0.2) is 0 Å². The molecule has 0 aromatic carbocycles. The fourth-order valence-corrected chi connectivity index (χ4v) is 1.53. The Morgan fingerprint density at radius 2 is 0.793 bits per heavy atom. The summed E-state index contributed by atoms with van der Waals surface area (Å²) in [6.07, 6.45) is -18.6. The Hall–Kier alpha value is -0.240. The van der Waals surface area contributed by atoms with Crippen LogP contribution in [0.15, 0.2) is 0 Å². The predicted molar refractivity (Wildman–Crippen MR) is 84.0 cm³/mol. The van der Waals surface area contributed by atoms with E-state index < -0.39 is 80.1 Å². The average Bonchev–Trinajstić information content (AvgIpc) is 2.68. The van der Waals surface area contributed by atoms with E-state index in [1.165, 1.54) is 0 Å². The van der Waals surface area contributed by atoms with Crippen LogP contribution in [0.25, 0.3) is 0 Å². The van der Waals surface area contributed by atoms with Gasteiger partial charge in [0.2, 0.25) is 0 Å². The maximum absolute atomic E-state index is 10.1. The van der Waals surface area contributed by atoms with Gasteiger partial charge in [-0.3, -0.25) is 0 Å². The second-order valence-corrected chi connectivity index (χ2v) is 5.48. The van der Waals surface area contributed by atoms with E-state index in [0.29, 0.717) is 0 Å².